The van der Waals surface area contributed by atoms with Gasteiger partial charge >= 0.3 is 0 Å². The fourth-order valence-electron chi connectivity index (χ4n) is 1.80. The summed E-state index contributed by atoms with van der Waals surface area (Å²) in [5.41, 5.74) is 0. The molecule has 0 bridgehead atoms. The number of aliphatic hydroxyl groups is 1. The average Bonchev–Trinajstić information content (AvgIpc) is 2.15. The highest BCUT2D eigenvalue weighted by atomic mass is 16.5. The van der Waals surface area contributed by atoms with E-state index >= 15 is 0 Å². The van der Waals surface area contributed by atoms with Crippen LogP contribution in [0, 0.1) is 0 Å². The molecule has 1 atom stereocenters. The smallest absolute Gasteiger partial charge is 0.0564 e. The van der Waals surface area contributed by atoms with Crippen LogP contribution in [0.1, 0.15) is 26.2 Å². The van der Waals surface area contributed by atoms with Gasteiger partial charge in [-0.05, 0) is 26.2 Å². The summed E-state index contributed by atoms with van der Waals surface area (Å²) in [7, 11) is 1.74. The molecule has 1 heterocycles. The third-order valence-corrected chi connectivity index (χ3v) is 2.86. The van der Waals surface area contributed by atoms with E-state index in [-0.39, 0.29) is 6.10 Å². The van der Waals surface area contributed by atoms with Gasteiger partial charge < -0.3 is 14.7 Å². The monoisotopic (exact) mass is 187 g/mol. The van der Waals surface area contributed by atoms with E-state index in [9.17, 15) is 5.11 Å². The van der Waals surface area contributed by atoms with Gasteiger partial charge in [0, 0.05) is 32.8 Å². The van der Waals surface area contributed by atoms with Crippen molar-refractivity contribution in [2.75, 3.05) is 26.8 Å². The van der Waals surface area contributed by atoms with Crippen LogP contribution in [0.2, 0.25) is 0 Å². The van der Waals surface area contributed by atoms with Crippen molar-refractivity contribution in [1.82, 2.24) is 4.90 Å². The molecular weight excluding hydrogens is 166 g/mol. The summed E-state index contributed by atoms with van der Waals surface area (Å²) in [5, 5.41) is 9.33. The predicted octanol–water partition coefficient (Wildman–Crippen LogP) is 0.868. The molecule has 3 nitrogen and oxygen atoms in total. The maximum atomic E-state index is 9.33. The number of rotatable bonds is 4. The standard InChI is InChI=1S/C10H21NO2/c1-9(5-8-13-2)11-6-3-10(12)4-7-11/h9-10,12H,3-8H2,1-2H3. The third kappa shape index (κ3) is 3.63. The number of methoxy groups -OCH3 is 1. The number of piperidine rings is 1. The Kier molecular flexibility index (Phi) is 4.70. The highest BCUT2D eigenvalue weighted by molar-refractivity contribution is 4.75. The molecule has 0 aromatic heterocycles. The first-order valence-corrected chi connectivity index (χ1v) is 5.15. The minimum Gasteiger partial charge on any atom is -0.393 e. The van der Waals surface area contributed by atoms with E-state index in [1.807, 2.05) is 0 Å². The lowest BCUT2D eigenvalue weighted by atomic mass is 10.1. The van der Waals surface area contributed by atoms with Crippen LogP contribution in [0.15, 0.2) is 0 Å². The van der Waals surface area contributed by atoms with Gasteiger partial charge in [0.15, 0.2) is 0 Å². The zero-order chi connectivity index (χ0) is 9.68. The van der Waals surface area contributed by atoms with Gasteiger partial charge in [-0.2, -0.15) is 0 Å². The molecule has 0 amide bonds. The van der Waals surface area contributed by atoms with Gasteiger partial charge in [0.05, 0.1) is 6.10 Å². The molecule has 0 spiro atoms. The quantitative estimate of drug-likeness (QED) is 0.709. The summed E-state index contributed by atoms with van der Waals surface area (Å²) < 4.78 is 5.05. The Balaban J connectivity index is 2.19. The van der Waals surface area contributed by atoms with E-state index in [2.05, 4.69) is 11.8 Å². The Morgan fingerprint density at radius 3 is 2.62 bits per heavy atom. The van der Waals surface area contributed by atoms with Crippen LogP contribution >= 0.6 is 0 Å². The number of ether oxygens (including phenoxy) is 1. The summed E-state index contributed by atoms with van der Waals surface area (Å²) in [6.45, 7) is 5.13. The number of likely N-dealkylation sites (tertiary alicyclic amines) is 1. The lowest BCUT2D eigenvalue weighted by molar-refractivity contribution is 0.0550. The molecule has 1 N–H and O–H groups in total. The van der Waals surface area contributed by atoms with Gasteiger partial charge in [-0.15, -0.1) is 0 Å². The molecule has 0 saturated carbocycles. The Bertz CT molecular complexity index is 133. The second-order valence-electron chi connectivity index (χ2n) is 3.90. The summed E-state index contributed by atoms with van der Waals surface area (Å²) in [4.78, 5) is 2.44. The molecule has 0 aromatic carbocycles. The van der Waals surface area contributed by atoms with Gasteiger partial charge in [0.1, 0.15) is 0 Å². The molecule has 1 rings (SSSR count). The SMILES string of the molecule is COCCC(C)N1CCC(O)CC1. The third-order valence-electron chi connectivity index (χ3n) is 2.86. The van der Waals surface area contributed by atoms with Crippen LogP contribution in [-0.4, -0.2) is 49.0 Å². The first-order chi connectivity index (χ1) is 6.24. The fourth-order valence-corrected chi connectivity index (χ4v) is 1.80. The van der Waals surface area contributed by atoms with E-state index in [0.717, 1.165) is 39.0 Å². The average molecular weight is 187 g/mol. The maximum absolute atomic E-state index is 9.33. The van der Waals surface area contributed by atoms with E-state index < -0.39 is 0 Å². The highest BCUT2D eigenvalue weighted by Crippen LogP contribution is 2.14. The van der Waals surface area contributed by atoms with Crippen molar-refractivity contribution in [3.63, 3.8) is 0 Å². The van der Waals surface area contributed by atoms with Crippen molar-refractivity contribution < 1.29 is 9.84 Å². The van der Waals surface area contributed by atoms with E-state index in [4.69, 9.17) is 4.74 Å². The number of aliphatic hydroxyl groups excluding tert-OH is 1. The van der Waals surface area contributed by atoms with Crippen LogP contribution in [0.3, 0.4) is 0 Å². The van der Waals surface area contributed by atoms with Gasteiger partial charge in [-0.1, -0.05) is 0 Å². The molecule has 1 aliphatic rings. The van der Waals surface area contributed by atoms with E-state index in [1.54, 1.807) is 7.11 Å². The van der Waals surface area contributed by atoms with Crippen LogP contribution in [0.5, 0.6) is 0 Å². The first-order valence-electron chi connectivity index (χ1n) is 5.15. The number of nitrogens with zero attached hydrogens (tertiary/aromatic N) is 1. The molecular formula is C10H21NO2. The zero-order valence-corrected chi connectivity index (χ0v) is 8.70. The first kappa shape index (κ1) is 11.0. The molecule has 0 radical (unpaired) electrons. The lowest BCUT2D eigenvalue weighted by Gasteiger charge is -2.34. The minimum absolute atomic E-state index is 0.0640. The molecule has 78 valence electrons. The summed E-state index contributed by atoms with van der Waals surface area (Å²) >= 11 is 0. The highest BCUT2D eigenvalue weighted by Gasteiger charge is 2.20. The summed E-state index contributed by atoms with van der Waals surface area (Å²) in [6.07, 6.45) is 2.88. The molecule has 1 saturated heterocycles. The maximum Gasteiger partial charge on any atom is 0.0564 e. The Hall–Kier alpha value is -0.120. The second kappa shape index (κ2) is 5.58. The molecule has 1 aliphatic heterocycles. The Morgan fingerprint density at radius 2 is 2.08 bits per heavy atom. The molecule has 1 fully saturated rings. The van der Waals surface area contributed by atoms with Crippen molar-refractivity contribution in [2.45, 2.75) is 38.3 Å². The van der Waals surface area contributed by atoms with Gasteiger partial charge in [-0.25, -0.2) is 0 Å². The normalized spacial score (nSPS) is 23.3. The molecule has 1 unspecified atom stereocenters. The summed E-state index contributed by atoms with van der Waals surface area (Å²) in [6, 6.07) is 0.590. The van der Waals surface area contributed by atoms with Gasteiger partial charge in [-0.3, -0.25) is 0 Å². The van der Waals surface area contributed by atoms with E-state index in [0.29, 0.717) is 6.04 Å². The summed E-state index contributed by atoms with van der Waals surface area (Å²) in [5.74, 6) is 0. The van der Waals surface area contributed by atoms with Gasteiger partial charge in [0.2, 0.25) is 0 Å². The molecule has 0 aromatic rings. The Labute approximate surface area is 80.7 Å². The van der Waals surface area contributed by atoms with Crippen LogP contribution in [0.25, 0.3) is 0 Å². The van der Waals surface area contributed by atoms with Crippen molar-refractivity contribution in [1.29, 1.82) is 0 Å². The fraction of sp³-hybridized carbons (Fsp3) is 1.00. The zero-order valence-electron chi connectivity index (χ0n) is 8.70. The second-order valence-corrected chi connectivity index (χ2v) is 3.90. The number of hydrogen-bond donors (Lipinski definition) is 1. The molecule has 13 heavy (non-hydrogen) atoms. The topological polar surface area (TPSA) is 32.7 Å². The van der Waals surface area contributed by atoms with E-state index in [1.165, 1.54) is 0 Å². The molecule has 3 heteroatoms. The largest absolute Gasteiger partial charge is 0.393 e. The molecule has 0 aliphatic carbocycles. The minimum atomic E-state index is -0.0640. The van der Waals surface area contributed by atoms with Crippen LogP contribution in [-0.2, 0) is 4.74 Å². The van der Waals surface area contributed by atoms with Crippen molar-refractivity contribution in [3.8, 4) is 0 Å². The number of hydrogen-bond acceptors (Lipinski definition) is 3. The van der Waals surface area contributed by atoms with Crippen molar-refractivity contribution in [3.05, 3.63) is 0 Å². The van der Waals surface area contributed by atoms with Crippen molar-refractivity contribution in [2.24, 2.45) is 0 Å². The van der Waals surface area contributed by atoms with Crippen LogP contribution < -0.4 is 0 Å². The van der Waals surface area contributed by atoms with Crippen LogP contribution in [0.4, 0.5) is 0 Å². The van der Waals surface area contributed by atoms with Gasteiger partial charge in [0.25, 0.3) is 0 Å². The Morgan fingerprint density at radius 1 is 1.46 bits per heavy atom. The lowest BCUT2D eigenvalue weighted by Crippen LogP contribution is -2.41. The predicted molar refractivity (Wildman–Crippen MR) is 52.8 cm³/mol. The van der Waals surface area contributed by atoms with Crippen molar-refractivity contribution >= 4 is 0 Å².